The molecule has 0 radical (unpaired) electrons. The van der Waals surface area contributed by atoms with Gasteiger partial charge in [0.05, 0.1) is 31.1 Å². The van der Waals surface area contributed by atoms with E-state index in [4.69, 9.17) is 13.9 Å². The topological polar surface area (TPSA) is 98.1 Å². The zero-order valence-electron chi connectivity index (χ0n) is 19.2. The van der Waals surface area contributed by atoms with E-state index in [2.05, 4.69) is 5.32 Å². The lowest BCUT2D eigenvalue weighted by Crippen LogP contribution is -2.28. The molecule has 1 aromatic carbocycles. The molecule has 0 spiro atoms. The summed E-state index contributed by atoms with van der Waals surface area (Å²) in [5.41, 5.74) is 1.88. The van der Waals surface area contributed by atoms with Crippen LogP contribution < -0.4 is 10.1 Å². The molecule has 0 unspecified atom stereocenters. The van der Waals surface area contributed by atoms with Crippen molar-refractivity contribution in [2.24, 2.45) is 5.92 Å². The van der Waals surface area contributed by atoms with E-state index in [9.17, 15) is 14.4 Å². The normalized spacial score (nSPS) is 14.9. The number of allylic oxidation sites excluding steroid dienone is 1. The molecule has 33 heavy (non-hydrogen) atoms. The fourth-order valence-electron chi connectivity index (χ4n) is 3.44. The number of benzene rings is 1. The lowest BCUT2D eigenvalue weighted by atomic mass is 10.0. The minimum absolute atomic E-state index is 0.141. The average molecular weight is 453 g/mol. The quantitative estimate of drug-likeness (QED) is 0.463. The van der Waals surface area contributed by atoms with Crippen LogP contribution in [0.25, 0.3) is 6.08 Å². The second-order valence-electron chi connectivity index (χ2n) is 8.03. The standard InChI is InChI=1S/C25H28N2O6/c1-16(2)14-27-17(3)23(25(30)31-4)21(24(27)29)12-18-7-9-19(10-8-18)33-15-22(28)26-13-20-6-5-11-32-20/h5-12,16H,13-15H2,1-4H3,(H,26,28)/b21-12-. The van der Waals surface area contributed by atoms with Crippen molar-refractivity contribution in [3.63, 3.8) is 0 Å². The molecule has 2 aromatic rings. The van der Waals surface area contributed by atoms with E-state index in [0.29, 0.717) is 41.4 Å². The Labute approximate surface area is 192 Å². The molecule has 1 aromatic heterocycles. The first-order chi connectivity index (χ1) is 15.8. The summed E-state index contributed by atoms with van der Waals surface area (Å²) in [6, 6.07) is 10.4. The zero-order valence-corrected chi connectivity index (χ0v) is 19.2. The Kier molecular flexibility index (Phi) is 7.71. The summed E-state index contributed by atoms with van der Waals surface area (Å²) < 4.78 is 15.6. The number of hydrogen-bond donors (Lipinski definition) is 1. The highest BCUT2D eigenvalue weighted by atomic mass is 16.5. The van der Waals surface area contributed by atoms with Gasteiger partial charge in [-0.25, -0.2) is 4.79 Å². The van der Waals surface area contributed by atoms with Gasteiger partial charge >= 0.3 is 5.97 Å². The number of rotatable bonds is 9. The number of ether oxygens (including phenoxy) is 2. The monoisotopic (exact) mass is 452 g/mol. The summed E-state index contributed by atoms with van der Waals surface area (Å²) in [7, 11) is 1.30. The van der Waals surface area contributed by atoms with Gasteiger partial charge in [-0.1, -0.05) is 26.0 Å². The van der Waals surface area contributed by atoms with Crippen LogP contribution in [-0.2, 0) is 25.7 Å². The largest absolute Gasteiger partial charge is 0.484 e. The van der Waals surface area contributed by atoms with Crippen LogP contribution >= 0.6 is 0 Å². The van der Waals surface area contributed by atoms with E-state index in [1.165, 1.54) is 7.11 Å². The minimum atomic E-state index is -0.543. The highest BCUT2D eigenvalue weighted by Crippen LogP contribution is 2.32. The van der Waals surface area contributed by atoms with Crippen LogP contribution in [0.3, 0.4) is 0 Å². The lowest BCUT2D eigenvalue weighted by Gasteiger charge is -2.19. The third-order valence-corrected chi connectivity index (χ3v) is 5.05. The summed E-state index contributed by atoms with van der Waals surface area (Å²) in [6.07, 6.45) is 3.21. The fraction of sp³-hybridized carbons (Fsp3) is 0.320. The van der Waals surface area contributed by atoms with Crippen molar-refractivity contribution >= 4 is 23.9 Å². The number of methoxy groups -OCH3 is 1. The van der Waals surface area contributed by atoms with Gasteiger partial charge in [-0.3, -0.25) is 9.59 Å². The fourth-order valence-corrected chi connectivity index (χ4v) is 3.44. The number of nitrogens with one attached hydrogen (secondary N) is 1. The first-order valence-electron chi connectivity index (χ1n) is 10.6. The Morgan fingerprint density at radius 2 is 1.91 bits per heavy atom. The highest BCUT2D eigenvalue weighted by Gasteiger charge is 2.37. The molecule has 1 aliphatic rings. The van der Waals surface area contributed by atoms with Crippen molar-refractivity contribution in [2.75, 3.05) is 20.3 Å². The smallest absolute Gasteiger partial charge is 0.340 e. The molecule has 3 rings (SSSR count). The van der Waals surface area contributed by atoms with Gasteiger partial charge in [-0.05, 0) is 48.7 Å². The summed E-state index contributed by atoms with van der Waals surface area (Å²) in [5, 5.41) is 2.70. The number of nitrogens with zero attached hydrogens (tertiary/aromatic N) is 1. The molecule has 0 saturated heterocycles. The predicted octanol–water partition coefficient (Wildman–Crippen LogP) is 3.30. The van der Waals surface area contributed by atoms with E-state index in [1.807, 2.05) is 13.8 Å². The van der Waals surface area contributed by atoms with Crippen LogP contribution in [0.15, 0.2) is 63.9 Å². The summed E-state index contributed by atoms with van der Waals surface area (Å²) in [5.74, 6) is 0.362. The predicted molar refractivity (Wildman–Crippen MR) is 122 cm³/mol. The number of amides is 2. The van der Waals surface area contributed by atoms with Crippen LogP contribution in [0.2, 0.25) is 0 Å². The summed E-state index contributed by atoms with van der Waals surface area (Å²) in [4.78, 5) is 38.9. The van der Waals surface area contributed by atoms with E-state index in [0.717, 1.165) is 0 Å². The molecule has 1 aliphatic heterocycles. The number of esters is 1. The molecule has 0 atom stereocenters. The van der Waals surface area contributed by atoms with Gasteiger partial charge in [0, 0.05) is 12.2 Å². The number of hydrogen-bond acceptors (Lipinski definition) is 6. The van der Waals surface area contributed by atoms with Crippen molar-refractivity contribution in [1.29, 1.82) is 0 Å². The maximum Gasteiger partial charge on any atom is 0.340 e. The number of carbonyl (C=O) groups is 3. The van der Waals surface area contributed by atoms with Gasteiger partial charge in [0.2, 0.25) is 0 Å². The molecule has 174 valence electrons. The maximum atomic E-state index is 13.0. The number of carbonyl (C=O) groups excluding carboxylic acids is 3. The van der Waals surface area contributed by atoms with Gasteiger partial charge in [0.25, 0.3) is 11.8 Å². The Morgan fingerprint density at radius 3 is 2.52 bits per heavy atom. The lowest BCUT2D eigenvalue weighted by molar-refractivity contribution is -0.136. The Balaban J connectivity index is 1.67. The SMILES string of the molecule is COC(=O)C1=C(C)N(CC(C)C)C(=O)/C1=C\c1ccc(OCC(=O)NCc2ccco2)cc1. The van der Waals surface area contributed by atoms with E-state index in [1.54, 1.807) is 60.6 Å². The van der Waals surface area contributed by atoms with E-state index >= 15 is 0 Å². The minimum Gasteiger partial charge on any atom is -0.484 e. The van der Waals surface area contributed by atoms with Crippen LogP contribution in [0, 0.1) is 5.92 Å². The van der Waals surface area contributed by atoms with Crippen LogP contribution in [0.4, 0.5) is 0 Å². The molecule has 2 amide bonds. The van der Waals surface area contributed by atoms with Gasteiger partial charge in [-0.2, -0.15) is 0 Å². The number of furan rings is 1. The molecule has 0 saturated carbocycles. The average Bonchev–Trinajstić information content (AvgIpc) is 3.39. The molecular weight excluding hydrogens is 424 g/mol. The van der Waals surface area contributed by atoms with Gasteiger partial charge in [0.15, 0.2) is 6.61 Å². The van der Waals surface area contributed by atoms with Crippen molar-refractivity contribution < 1.29 is 28.3 Å². The van der Waals surface area contributed by atoms with Gasteiger partial charge < -0.3 is 24.1 Å². The third kappa shape index (κ3) is 5.91. The molecule has 8 heteroatoms. The Bertz CT molecular complexity index is 1060. The second kappa shape index (κ2) is 10.7. The highest BCUT2D eigenvalue weighted by molar-refractivity contribution is 6.16. The van der Waals surface area contributed by atoms with Crippen LogP contribution in [0.5, 0.6) is 5.75 Å². The first kappa shape index (κ1) is 23.8. The zero-order chi connectivity index (χ0) is 24.0. The van der Waals surface area contributed by atoms with E-state index in [-0.39, 0.29) is 29.9 Å². The Morgan fingerprint density at radius 1 is 1.18 bits per heavy atom. The van der Waals surface area contributed by atoms with Crippen LogP contribution in [-0.4, -0.2) is 42.9 Å². The second-order valence-corrected chi connectivity index (χ2v) is 8.03. The summed E-state index contributed by atoms with van der Waals surface area (Å²) >= 11 is 0. The molecule has 8 nitrogen and oxygen atoms in total. The van der Waals surface area contributed by atoms with E-state index < -0.39 is 5.97 Å². The molecular formula is C25H28N2O6. The first-order valence-corrected chi connectivity index (χ1v) is 10.6. The van der Waals surface area contributed by atoms with Crippen molar-refractivity contribution in [3.8, 4) is 5.75 Å². The van der Waals surface area contributed by atoms with Crippen LogP contribution in [0.1, 0.15) is 32.1 Å². The Hall–Kier alpha value is -3.81. The molecule has 1 N–H and O–H groups in total. The molecule has 0 bridgehead atoms. The third-order valence-electron chi connectivity index (χ3n) is 5.05. The van der Waals surface area contributed by atoms with Gasteiger partial charge in [-0.15, -0.1) is 0 Å². The molecule has 0 fully saturated rings. The van der Waals surface area contributed by atoms with Crippen molar-refractivity contribution in [2.45, 2.75) is 27.3 Å². The summed E-state index contributed by atoms with van der Waals surface area (Å²) in [6.45, 7) is 6.43. The molecule has 0 aliphatic carbocycles. The van der Waals surface area contributed by atoms with Crippen molar-refractivity contribution in [1.82, 2.24) is 10.2 Å². The molecule has 2 heterocycles. The maximum absolute atomic E-state index is 13.0. The van der Waals surface area contributed by atoms with Gasteiger partial charge in [0.1, 0.15) is 11.5 Å². The van der Waals surface area contributed by atoms with Crippen molar-refractivity contribution in [3.05, 3.63) is 70.8 Å².